The van der Waals surface area contributed by atoms with E-state index in [1.54, 1.807) is 0 Å². The fraction of sp³-hybridized carbons (Fsp3) is 0.333. The Kier molecular flexibility index (Phi) is 3.57. The molecule has 132 valence electrons. The standard InChI is InChI=1S/C21H21N3O2/c25-20(23-11-14-9-22-10-15(14)12-23)13-24-18-7-3-1-5-16(18)21(26)17-6-2-4-8-19(17)24/h1-8,14-15,22H,9-13H2/t14-,15+. The van der Waals surface area contributed by atoms with Gasteiger partial charge in [-0.05, 0) is 36.1 Å². The molecule has 0 spiro atoms. The molecule has 0 unspecified atom stereocenters. The number of hydrogen-bond acceptors (Lipinski definition) is 3. The molecule has 0 saturated carbocycles. The second-order valence-electron chi connectivity index (χ2n) is 7.43. The lowest BCUT2D eigenvalue weighted by atomic mass is 10.0. The van der Waals surface area contributed by atoms with Gasteiger partial charge in [0.1, 0.15) is 6.54 Å². The van der Waals surface area contributed by atoms with E-state index < -0.39 is 0 Å². The molecule has 5 nitrogen and oxygen atoms in total. The lowest BCUT2D eigenvalue weighted by Gasteiger charge is -2.21. The van der Waals surface area contributed by atoms with Crippen molar-refractivity contribution in [3.8, 4) is 0 Å². The molecule has 2 aliphatic heterocycles. The van der Waals surface area contributed by atoms with Gasteiger partial charge in [0, 0.05) is 37.0 Å². The summed E-state index contributed by atoms with van der Waals surface area (Å²) >= 11 is 0. The summed E-state index contributed by atoms with van der Waals surface area (Å²) < 4.78 is 2.00. The van der Waals surface area contributed by atoms with Gasteiger partial charge in [-0.15, -0.1) is 0 Å². The van der Waals surface area contributed by atoms with Gasteiger partial charge in [0.15, 0.2) is 5.43 Å². The van der Waals surface area contributed by atoms with Crippen molar-refractivity contribution in [3.05, 3.63) is 58.8 Å². The highest BCUT2D eigenvalue weighted by Crippen LogP contribution is 2.27. The number of nitrogens with zero attached hydrogens (tertiary/aromatic N) is 2. The van der Waals surface area contributed by atoms with Gasteiger partial charge in [-0.1, -0.05) is 24.3 Å². The average molecular weight is 347 g/mol. The van der Waals surface area contributed by atoms with Gasteiger partial charge in [0.05, 0.1) is 11.0 Å². The Labute approximate surface area is 151 Å². The Balaban J connectivity index is 1.58. The second kappa shape index (κ2) is 5.95. The number of para-hydroxylation sites is 2. The first-order valence-electron chi connectivity index (χ1n) is 9.21. The molecule has 2 aliphatic rings. The summed E-state index contributed by atoms with van der Waals surface area (Å²) in [5.74, 6) is 1.31. The summed E-state index contributed by atoms with van der Waals surface area (Å²) in [5.41, 5.74) is 1.68. The highest BCUT2D eigenvalue weighted by atomic mass is 16.2. The van der Waals surface area contributed by atoms with Crippen molar-refractivity contribution >= 4 is 27.7 Å². The van der Waals surface area contributed by atoms with E-state index in [0.29, 0.717) is 22.6 Å². The quantitative estimate of drug-likeness (QED) is 0.720. The summed E-state index contributed by atoms with van der Waals surface area (Å²) in [4.78, 5) is 27.8. The maximum atomic E-state index is 13.0. The van der Waals surface area contributed by atoms with Crippen LogP contribution in [0.25, 0.3) is 21.8 Å². The number of carbonyl (C=O) groups is 1. The molecule has 2 saturated heterocycles. The maximum absolute atomic E-state index is 13.0. The zero-order valence-corrected chi connectivity index (χ0v) is 14.5. The van der Waals surface area contributed by atoms with Crippen LogP contribution in [0.2, 0.25) is 0 Å². The van der Waals surface area contributed by atoms with Crippen LogP contribution in [-0.4, -0.2) is 41.6 Å². The van der Waals surface area contributed by atoms with Gasteiger partial charge < -0.3 is 14.8 Å². The molecular formula is C21H21N3O2. The molecule has 1 aromatic heterocycles. The van der Waals surface area contributed by atoms with E-state index in [4.69, 9.17) is 0 Å². The third-order valence-electron chi connectivity index (χ3n) is 5.91. The van der Waals surface area contributed by atoms with E-state index in [1.807, 2.05) is 58.0 Å². The minimum Gasteiger partial charge on any atom is -0.340 e. The van der Waals surface area contributed by atoms with Crippen LogP contribution in [0.1, 0.15) is 0 Å². The summed E-state index contributed by atoms with van der Waals surface area (Å²) in [6.07, 6.45) is 0. The molecule has 26 heavy (non-hydrogen) atoms. The molecule has 3 heterocycles. The van der Waals surface area contributed by atoms with Crippen molar-refractivity contribution in [1.29, 1.82) is 0 Å². The Bertz CT molecular complexity index is 1000. The number of fused-ring (bicyclic) bond motifs is 3. The number of amides is 1. The number of carbonyl (C=O) groups excluding carboxylic acids is 1. The molecule has 2 atom stereocenters. The zero-order chi connectivity index (χ0) is 17.7. The molecule has 3 aromatic rings. The Morgan fingerprint density at radius 1 is 0.923 bits per heavy atom. The molecule has 5 heteroatoms. The molecular weight excluding hydrogens is 326 g/mol. The molecule has 0 aliphatic carbocycles. The first-order chi connectivity index (χ1) is 12.7. The number of hydrogen-bond donors (Lipinski definition) is 1. The van der Waals surface area contributed by atoms with Crippen molar-refractivity contribution in [1.82, 2.24) is 14.8 Å². The number of rotatable bonds is 2. The first kappa shape index (κ1) is 15.6. The minimum absolute atomic E-state index is 0.0293. The molecule has 2 fully saturated rings. The van der Waals surface area contributed by atoms with Gasteiger partial charge in [-0.3, -0.25) is 9.59 Å². The fourth-order valence-electron chi connectivity index (χ4n) is 4.54. The number of likely N-dealkylation sites (tertiary alicyclic amines) is 1. The molecule has 0 radical (unpaired) electrons. The maximum Gasteiger partial charge on any atom is 0.242 e. The fourth-order valence-corrected chi connectivity index (χ4v) is 4.54. The van der Waals surface area contributed by atoms with E-state index in [0.717, 1.165) is 37.2 Å². The lowest BCUT2D eigenvalue weighted by molar-refractivity contribution is -0.130. The summed E-state index contributed by atoms with van der Waals surface area (Å²) in [7, 11) is 0. The minimum atomic E-state index is 0.0293. The van der Waals surface area contributed by atoms with E-state index in [1.165, 1.54) is 0 Å². The van der Waals surface area contributed by atoms with Gasteiger partial charge in [-0.2, -0.15) is 0 Å². The van der Waals surface area contributed by atoms with Crippen LogP contribution in [0, 0.1) is 11.8 Å². The zero-order valence-electron chi connectivity index (χ0n) is 14.5. The van der Waals surface area contributed by atoms with Crippen molar-refractivity contribution in [3.63, 3.8) is 0 Å². The van der Waals surface area contributed by atoms with Gasteiger partial charge in [0.2, 0.25) is 5.91 Å². The van der Waals surface area contributed by atoms with Crippen molar-refractivity contribution in [2.24, 2.45) is 11.8 Å². The highest BCUT2D eigenvalue weighted by molar-refractivity contribution is 5.94. The molecule has 1 N–H and O–H groups in total. The third kappa shape index (κ3) is 2.35. The van der Waals surface area contributed by atoms with E-state index in [2.05, 4.69) is 5.32 Å². The topological polar surface area (TPSA) is 54.3 Å². The predicted molar refractivity (Wildman–Crippen MR) is 102 cm³/mol. The second-order valence-corrected chi connectivity index (χ2v) is 7.43. The van der Waals surface area contributed by atoms with Crippen LogP contribution in [0.4, 0.5) is 0 Å². The highest BCUT2D eigenvalue weighted by Gasteiger charge is 2.38. The predicted octanol–water partition coefficient (Wildman–Crippen LogP) is 1.83. The number of aromatic nitrogens is 1. The molecule has 2 aromatic carbocycles. The lowest BCUT2D eigenvalue weighted by Crippen LogP contribution is -2.34. The van der Waals surface area contributed by atoms with Crippen LogP contribution < -0.4 is 10.7 Å². The summed E-state index contributed by atoms with van der Waals surface area (Å²) in [5, 5.41) is 4.75. The Morgan fingerprint density at radius 2 is 1.46 bits per heavy atom. The average Bonchev–Trinajstić information content (AvgIpc) is 3.27. The third-order valence-corrected chi connectivity index (χ3v) is 5.91. The van der Waals surface area contributed by atoms with E-state index in [9.17, 15) is 9.59 Å². The van der Waals surface area contributed by atoms with E-state index >= 15 is 0 Å². The first-order valence-corrected chi connectivity index (χ1v) is 9.21. The number of benzene rings is 2. The number of nitrogens with one attached hydrogen (secondary N) is 1. The number of pyridine rings is 1. The SMILES string of the molecule is O=C(Cn1c2ccccc2c(=O)c2ccccc21)N1C[C@H]2CNC[C@H]2C1. The molecule has 5 rings (SSSR count). The normalized spacial score (nSPS) is 22.2. The van der Waals surface area contributed by atoms with E-state index in [-0.39, 0.29) is 17.9 Å². The monoisotopic (exact) mass is 347 g/mol. The summed E-state index contributed by atoms with van der Waals surface area (Å²) in [6.45, 7) is 3.98. The van der Waals surface area contributed by atoms with Crippen molar-refractivity contribution in [2.45, 2.75) is 6.54 Å². The van der Waals surface area contributed by atoms with Gasteiger partial charge in [-0.25, -0.2) is 0 Å². The van der Waals surface area contributed by atoms with Crippen LogP contribution in [0.15, 0.2) is 53.3 Å². The molecule has 1 amide bonds. The van der Waals surface area contributed by atoms with Crippen molar-refractivity contribution < 1.29 is 4.79 Å². The largest absolute Gasteiger partial charge is 0.340 e. The van der Waals surface area contributed by atoms with Crippen LogP contribution >= 0.6 is 0 Å². The van der Waals surface area contributed by atoms with Crippen LogP contribution in [0.3, 0.4) is 0 Å². The smallest absolute Gasteiger partial charge is 0.242 e. The summed E-state index contributed by atoms with van der Waals surface area (Å²) in [6, 6.07) is 15.1. The van der Waals surface area contributed by atoms with Crippen LogP contribution in [-0.2, 0) is 11.3 Å². The Hall–Kier alpha value is -2.66. The Morgan fingerprint density at radius 3 is 2.04 bits per heavy atom. The van der Waals surface area contributed by atoms with Gasteiger partial charge >= 0.3 is 0 Å². The van der Waals surface area contributed by atoms with Crippen LogP contribution in [0.5, 0.6) is 0 Å². The van der Waals surface area contributed by atoms with Gasteiger partial charge in [0.25, 0.3) is 0 Å². The molecule has 0 bridgehead atoms. The van der Waals surface area contributed by atoms with Crippen molar-refractivity contribution in [2.75, 3.05) is 26.2 Å².